The van der Waals surface area contributed by atoms with Crippen molar-refractivity contribution < 1.29 is 19.4 Å². The number of ether oxygens (including phenoxy) is 1. The van der Waals surface area contributed by atoms with Gasteiger partial charge in [-0.25, -0.2) is 0 Å². The quantitative estimate of drug-likeness (QED) is 0.298. The fourth-order valence-corrected chi connectivity index (χ4v) is 4.60. The molecular formula is C27H24ClNO4. The number of aliphatic hydroxyl groups is 1. The molecule has 3 aromatic carbocycles. The number of methoxy groups -OCH3 is 1. The molecule has 0 saturated carbocycles. The number of Topliss-reactive ketones (excluding diaryl/α,β-unsaturated/α-hetero) is 1. The van der Waals surface area contributed by atoms with Crippen LogP contribution in [0.25, 0.3) is 5.76 Å². The molecule has 1 aliphatic heterocycles. The lowest BCUT2D eigenvalue weighted by atomic mass is 9.93. The Hall–Kier alpha value is -3.57. The molecule has 1 fully saturated rings. The number of hydrogen-bond donors (Lipinski definition) is 1. The number of hydrogen-bond acceptors (Lipinski definition) is 4. The van der Waals surface area contributed by atoms with Crippen molar-refractivity contribution in [1.29, 1.82) is 0 Å². The van der Waals surface area contributed by atoms with Gasteiger partial charge in [-0.3, -0.25) is 14.5 Å². The Labute approximate surface area is 197 Å². The number of anilines is 1. The Balaban J connectivity index is 2.03. The molecule has 0 bridgehead atoms. The number of nitrogens with zero attached hydrogens (tertiary/aromatic N) is 1. The summed E-state index contributed by atoms with van der Waals surface area (Å²) in [5.41, 5.74) is 3.98. The monoisotopic (exact) mass is 461 g/mol. The van der Waals surface area contributed by atoms with Gasteiger partial charge >= 0.3 is 0 Å². The second-order valence-electron chi connectivity index (χ2n) is 8.13. The summed E-state index contributed by atoms with van der Waals surface area (Å²) < 4.78 is 5.54. The average Bonchev–Trinajstić information content (AvgIpc) is 3.06. The van der Waals surface area contributed by atoms with E-state index in [0.717, 1.165) is 11.1 Å². The van der Waals surface area contributed by atoms with Gasteiger partial charge in [0.1, 0.15) is 11.5 Å². The van der Waals surface area contributed by atoms with E-state index in [4.69, 9.17) is 16.3 Å². The Bertz CT molecular complexity index is 1300. The predicted molar refractivity (Wildman–Crippen MR) is 130 cm³/mol. The van der Waals surface area contributed by atoms with Crippen molar-refractivity contribution >= 4 is 34.7 Å². The second kappa shape index (κ2) is 8.75. The number of benzene rings is 3. The molecule has 0 radical (unpaired) electrons. The van der Waals surface area contributed by atoms with E-state index in [-0.39, 0.29) is 11.3 Å². The van der Waals surface area contributed by atoms with Gasteiger partial charge in [0.2, 0.25) is 0 Å². The number of carbonyl (C=O) groups is 2. The summed E-state index contributed by atoms with van der Waals surface area (Å²) in [5.74, 6) is -1.30. The van der Waals surface area contributed by atoms with Crippen molar-refractivity contribution in [3.8, 4) is 5.75 Å². The Morgan fingerprint density at radius 1 is 1.00 bits per heavy atom. The summed E-state index contributed by atoms with van der Waals surface area (Å²) in [6.45, 7) is 5.56. The van der Waals surface area contributed by atoms with Gasteiger partial charge in [0.25, 0.3) is 11.7 Å². The molecule has 33 heavy (non-hydrogen) atoms. The van der Waals surface area contributed by atoms with Crippen LogP contribution < -0.4 is 9.64 Å². The van der Waals surface area contributed by atoms with Crippen LogP contribution in [-0.4, -0.2) is 23.9 Å². The smallest absolute Gasteiger partial charge is 0.300 e. The molecule has 1 heterocycles. The number of amides is 1. The molecule has 0 aromatic heterocycles. The van der Waals surface area contributed by atoms with Crippen LogP contribution in [0, 0.1) is 20.8 Å². The number of ketones is 1. The van der Waals surface area contributed by atoms with Gasteiger partial charge in [0.05, 0.1) is 24.3 Å². The van der Waals surface area contributed by atoms with Gasteiger partial charge in [-0.15, -0.1) is 0 Å². The van der Waals surface area contributed by atoms with E-state index in [1.54, 1.807) is 31.2 Å². The van der Waals surface area contributed by atoms with Crippen LogP contribution in [0.15, 0.2) is 66.2 Å². The van der Waals surface area contributed by atoms with E-state index in [2.05, 4.69) is 0 Å². The standard InChI is InChI=1S/C27H24ClNO4/c1-15-13-16(2)26(33-4)19(14-15)24(30)22-23(18-9-6-5-7-10-18)29(27(32)25(22)31)21-12-8-11-20(28)17(21)3/h5-14,23,30H,1-4H3/b24-22+. The molecule has 1 atom stereocenters. The number of carbonyl (C=O) groups excluding carboxylic acids is 2. The van der Waals surface area contributed by atoms with E-state index in [1.807, 2.05) is 50.2 Å². The molecule has 168 valence electrons. The highest BCUT2D eigenvalue weighted by Crippen LogP contribution is 2.45. The van der Waals surface area contributed by atoms with E-state index >= 15 is 0 Å². The van der Waals surface area contributed by atoms with Crippen molar-refractivity contribution in [2.45, 2.75) is 26.8 Å². The summed E-state index contributed by atoms with van der Waals surface area (Å²) in [6.07, 6.45) is 0. The van der Waals surface area contributed by atoms with Crippen LogP contribution in [0.3, 0.4) is 0 Å². The largest absolute Gasteiger partial charge is 0.507 e. The number of rotatable bonds is 4. The molecule has 1 amide bonds. The van der Waals surface area contributed by atoms with Crippen molar-refractivity contribution in [3.63, 3.8) is 0 Å². The van der Waals surface area contributed by atoms with Crippen LogP contribution >= 0.6 is 11.6 Å². The van der Waals surface area contributed by atoms with Crippen molar-refractivity contribution in [1.82, 2.24) is 0 Å². The zero-order valence-corrected chi connectivity index (χ0v) is 19.6. The van der Waals surface area contributed by atoms with Crippen molar-refractivity contribution in [2.24, 2.45) is 0 Å². The summed E-state index contributed by atoms with van der Waals surface area (Å²) in [6, 6.07) is 17.2. The summed E-state index contributed by atoms with van der Waals surface area (Å²) >= 11 is 6.34. The molecule has 5 nitrogen and oxygen atoms in total. The van der Waals surface area contributed by atoms with Gasteiger partial charge in [-0.2, -0.15) is 0 Å². The minimum Gasteiger partial charge on any atom is -0.507 e. The third-order valence-electron chi connectivity index (χ3n) is 5.94. The zero-order chi connectivity index (χ0) is 23.9. The minimum atomic E-state index is -0.825. The fraction of sp³-hybridized carbons (Fsp3) is 0.185. The van der Waals surface area contributed by atoms with Gasteiger partial charge in [0, 0.05) is 10.7 Å². The molecule has 1 unspecified atom stereocenters. The molecule has 1 N–H and O–H groups in total. The van der Waals surface area contributed by atoms with E-state index in [1.165, 1.54) is 12.0 Å². The third-order valence-corrected chi connectivity index (χ3v) is 6.35. The molecule has 0 aliphatic carbocycles. The summed E-state index contributed by atoms with van der Waals surface area (Å²) in [7, 11) is 1.51. The minimum absolute atomic E-state index is 0.00822. The first-order chi connectivity index (χ1) is 15.8. The van der Waals surface area contributed by atoms with Crippen molar-refractivity contribution in [3.05, 3.63) is 99.1 Å². The highest BCUT2D eigenvalue weighted by Gasteiger charge is 2.47. The first-order valence-corrected chi connectivity index (χ1v) is 10.9. The first kappa shape index (κ1) is 22.6. The van der Waals surface area contributed by atoms with Crippen molar-refractivity contribution in [2.75, 3.05) is 12.0 Å². The van der Waals surface area contributed by atoms with Gasteiger partial charge in [0.15, 0.2) is 0 Å². The lowest BCUT2D eigenvalue weighted by Gasteiger charge is -2.27. The molecule has 4 rings (SSSR count). The lowest BCUT2D eigenvalue weighted by molar-refractivity contribution is -0.132. The highest BCUT2D eigenvalue weighted by molar-refractivity contribution is 6.52. The molecule has 3 aromatic rings. The van der Waals surface area contributed by atoms with E-state index in [0.29, 0.717) is 33.1 Å². The van der Waals surface area contributed by atoms with Gasteiger partial charge < -0.3 is 9.84 Å². The topological polar surface area (TPSA) is 66.8 Å². The lowest BCUT2D eigenvalue weighted by Crippen LogP contribution is -2.30. The SMILES string of the molecule is COc1c(C)cc(C)cc1/C(O)=C1\C(=O)C(=O)N(c2cccc(Cl)c2C)C1c1ccccc1. The molecule has 0 spiro atoms. The van der Waals surface area contributed by atoms with Crippen LogP contribution in [0.2, 0.25) is 5.02 Å². The molecule has 1 aliphatic rings. The third kappa shape index (κ3) is 3.79. The normalized spacial score (nSPS) is 17.5. The number of halogens is 1. The van der Waals surface area contributed by atoms with E-state index in [9.17, 15) is 14.7 Å². The first-order valence-electron chi connectivity index (χ1n) is 10.5. The number of aliphatic hydroxyl groups excluding tert-OH is 1. The maximum Gasteiger partial charge on any atom is 0.300 e. The number of aryl methyl sites for hydroxylation is 2. The highest BCUT2D eigenvalue weighted by atomic mass is 35.5. The average molecular weight is 462 g/mol. The Morgan fingerprint density at radius 3 is 2.36 bits per heavy atom. The van der Waals surface area contributed by atoms with Gasteiger partial charge in [-0.05, 0) is 61.2 Å². The van der Waals surface area contributed by atoms with Crippen LogP contribution in [0.1, 0.15) is 33.9 Å². The zero-order valence-electron chi connectivity index (χ0n) is 18.8. The molecule has 1 saturated heterocycles. The maximum absolute atomic E-state index is 13.4. The van der Waals surface area contributed by atoms with Gasteiger partial charge in [-0.1, -0.05) is 54.1 Å². The fourth-order valence-electron chi connectivity index (χ4n) is 4.44. The Kier molecular flexibility index (Phi) is 6.00. The predicted octanol–water partition coefficient (Wildman–Crippen LogP) is 5.90. The van der Waals surface area contributed by atoms with E-state index < -0.39 is 17.7 Å². The summed E-state index contributed by atoms with van der Waals surface area (Å²) in [5, 5.41) is 11.9. The second-order valence-corrected chi connectivity index (χ2v) is 8.53. The summed E-state index contributed by atoms with van der Waals surface area (Å²) in [4.78, 5) is 28.1. The molecule has 6 heteroatoms. The molecular weight excluding hydrogens is 438 g/mol. The van der Waals surface area contributed by atoms with Crippen LogP contribution in [0.5, 0.6) is 5.75 Å². The van der Waals surface area contributed by atoms with Crippen LogP contribution in [0.4, 0.5) is 5.69 Å². The van der Waals surface area contributed by atoms with Crippen LogP contribution in [-0.2, 0) is 9.59 Å². The Morgan fingerprint density at radius 2 is 1.70 bits per heavy atom. The maximum atomic E-state index is 13.4.